The van der Waals surface area contributed by atoms with Gasteiger partial charge in [-0.05, 0) is 40.3 Å². The lowest BCUT2D eigenvalue weighted by atomic mass is 9.75. The van der Waals surface area contributed by atoms with Crippen molar-refractivity contribution in [2.45, 2.75) is 38.3 Å². The van der Waals surface area contributed by atoms with Gasteiger partial charge in [-0.1, -0.05) is 0 Å². The first-order valence-electron chi connectivity index (χ1n) is 6.65. The number of hydrogen-bond donors (Lipinski definition) is 1. The Morgan fingerprint density at radius 3 is 2.74 bits per heavy atom. The minimum Gasteiger partial charge on any atom is -0.461 e. The zero-order chi connectivity index (χ0) is 14.0. The second-order valence-corrected chi connectivity index (χ2v) is 5.30. The van der Waals surface area contributed by atoms with Crippen LogP contribution in [0.1, 0.15) is 36.7 Å². The predicted octanol–water partition coefficient (Wildman–Crippen LogP) is 1.13. The number of anilines is 1. The van der Waals surface area contributed by atoms with Crippen LogP contribution in [0.4, 0.5) is 5.82 Å². The molecule has 0 saturated heterocycles. The average molecular weight is 266 g/mol. The van der Waals surface area contributed by atoms with Crippen molar-refractivity contribution >= 4 is 11.8 Å². The summed E-state index contributed by atoms with van der Waals surface area (Å²) in [5.74, 6) is -0.0576. The van der Waals surface area contributed by atoms with Gasteiger partial charge in [0.2, 0.25) is 0 Å². The van der Waals surface area contributed by atoms with Gasteiger partial charge in [0.1, 0.15) is 5.82 Å². The number of imidazole rings is 1. The number of hydrogen-bond acceptors (Lipinski definition) is 5. The first kappa shape index (κ1) is 13.9. The fraction of sp³-hybridized carbons (Fsp3) is 0.692. The SMILES string of the molecule is CCOC(=O)c1ncn(CC2(N(C)C)CCC2)c1N. The van der Waals surface area contributed by atoms with Crippen LogP contribution in [0.15, 0.2) is 6.33 Å². The van der Waals surface area contributed by atoms with Crippen molar-refractivity contribution in [2.24, 2.45) is 0 Å². The number of likely N-dealkylation sites (N-methyl/N-ethyl adjacent to an activating group) is 1. The maximum Gasteiger partial charge on any atom is 0.360 e. The van der Waals surface area contributed by atoms with Crippen LogP contribution in [-0.4, -0.2) is 46.7 Å². The van der Waals surface area contributed by atoms with Gasteiger partial charge in [0, 0.05) is 12.1 Å². The monoisotopic (exact) mass is 266 g/mol. The van der Waals surface area contributed by atoms with E-state index in [2.05, 4.69) is 24.0 Å². The Labute approximate surface area is 113 Å². The summed E-state index contributed by atoms with van der Waals surface area (Å²) < 4.78 is 6.79. The molecule has 1 aromatic heterocycles. The summed E-state index contributed by atoms with van der Waals surface area (Å²) in [6, 6.07) is 0. The summed E-state index contributed by atoms with van der Waals surface area (Å²) in [5.41, 5.74) is 6.36. The Kier molecular flexibility index (Phi) is 3.80. The first-order chi connectivity index (χ1) is 9.00. The molecule has 19 heavy (non-hydrogen) atoms. The molecule has 0 aromatic carbocycles. The summed E-state index contributed by atoms with van der Waals surface area (Å²) >= 11 is 0. The second-order valence-electron chi connectivity index (χ2n) is 5.30. The van der Waals surface area contributed by atoms with Gasteiger partial charge < -0.3 is 19.9 Å². The van der Waals surface area contributed by atoms with E-state index in [9.17, 15) is 4.79 Å². The molecule has 1 saturated carbocycles. The molecule has 6 nitrogen and oxygen atoms in total. The lowest BCUT2D eigenvalue weighted by molar-refractivity contribution is 0.0427. The van der Waals surface area contributed by atoms with Crippen LogP contribution in [0.5, 0.6) is 0 Å². The van der Waals surface area contributed by atoms with Crippen molar-refractivity contribution in [2.75, 3.05) is 26.4 Å². The molecule has 106 valence electrons. The van der Waals surface area contributed by atoms with Crippen molar-refractivity contribution in [1.29, 1.82) is 0 Å². The Morgan fingerprint density at radius 1 is 1.58 bits per heavy atom. The van der Waals surface area contributed by atoms with Gasteiger partial charge in [-0.25, -0.2) is 9.78 Å². The molecule has 0 unspecified atom stereocenters. The molecule has 2 N–H and O–H groups in total. The molecular formula is C13H22N4O2. The highest BCUT2D eigenvalue weighted by Gasteiger charge is 2.40. The number of nitrogens with zero attached hydrogens (tertiary/aromatic N) is 3. The molecule has 1 aliphatic carbocycles. The van der Waals surface area contributed by atoms with Crippen LogP contribution in [0.3, 0.4) is 0 Å². The minimum absolute atomic E-state index is 0.140. The molecule has 1 heterocycles. The molecule has 1 fully saturated rings. The van der Waals surface area contributed by atoms with E-state index in [0.717, 1.165) is 19.4 Å². The number of carbonyl (C=O) groups excluding carboxylic acids is 1. The average Bonchev–Trinajstić information content (AvgIpc) is 2.65. The molecule has 0 atom stereocenters. The van der Waals surface area contributed by atoms with E-state index < -0.39 is 5.97 Å². The smallest absolute Gasteiger partial charge is 0.360 e. The van der Waals surface area contributed by atoms with E-state index in [0.29, 0.717) is 12.4 Å². The summed E-state index contributed by atoms with van der Waals surface area (Å²) in [6.45, 7) is 2.85. The molecule has 0 radical (unpaired) electrons. The summed E-state index contributed by atoms with van der Waals surface area (Å²) in [5, 5.41) is 0. The van der Waals surface area contributed by atoms with Crippen LogP contribution in [0.25, 0.3) is 0 Å². The van der Waals surface area contributed by atoms with E-state index >= 15 is 0 Å². The Hall–Kier alpha value is -1.56. The number of nitrogen functional groups attached to an aromatic ring is 1. The molecular weight excluding hydrogens is 244 g/mol. The summed E-state index contributed by atoms with van der Waals surface area (Å²) in [7, 11) is 4.16. The third-order valence-corrected chi connectivity index (χ3v) is 4.04. The fourth-order valence-electron chi connectivity index (χ4n) is 2.52. The number of carbonyl (C=O) groups is 1. The van der Waals surface area contributed by atoms with Crippen molar-refractivity contribution in [3.8, 4) is 0 Å². The largest absolute Gasteiger partial charge is 0.461 e. The highest BCUT2D eigenvalue weighted by Crippen LogP contribution is 2.38. The highest BCUT2D eigenvalue weighted by atomic mass is 16.5. The maximum absolute atomic E-state index is 11.7. The van der Waals surface area contributed by atoms with Gasteiger partial charge in [-0.2, -0.15) is 0 Å². The molecule has 6 heteroatoms. The molecule has 2 rings (SSSR count). The fourth-order valence-corrected chi connectivity index (χ4v) is 2.52. The lowest BCUT2D eigenvalue weighted by Gasteiger charge is -2.47. The zero-order valence-corrected chi connectivity index (χ0v) is 11.8. The Bertz CT molecular complexity index is 463. The van der Waals surface area contributed by atoms with Crippen LogP contribution >= 0.6 is 0 Å². The van der Waals surface area contributed by atoms with Gasteiger partial charge in [-0.3, -0.25) is 0 Å². The Balaban J connectivity index is 2.16. The van der Waals surface area contributed by atoms with Gasteiger partial charge in [-0.15, -0.1) is 0 Å². The number of aromatic nitrogens is 2. The maximum atomic E-state index is 11.7. The van der Waals surface area contributed by atoms with Crippen molar-refractivity contribution < 1.29 is 9.53 Å². The number of esters is 1. The van der Waals surface area contributed by atoms with E-state index in [-0.39, 0.29) is 11.2 Å². The van der Waals surface area contributed by atoms with Crippen molar-refractivity contribution in [3.63, 3.8) is 0 Å². The highest BCUT2D eigenvalue weighted by molar-refractivity contribution is 5.92. The van der Waals surface area contributed by atoms with Crippen LogP contribution in [0.2, 0.25) is 0 Å². The topological polar surface area (TPSA) is 73.4 Å². The molecule has 0 aliphatic heterocycles. The van der Waals surface area contributed by atoms with E-state index in [4.69, 9.17) is 10.5 Å². The number of nitrogens with two attached hydrogens (primary N) is 1. The van der Waals surface area contributed by atoms with Gasteiger partial charge >= 0.3 is 5.97 Å². The van der Waals surface area contributed by atoms with E-state index in [1.165, 1.54) is 6.42 Å². The summed E-state index contributed by atoms with van der Waals surface area (Å²) in [6.07, 6.45) is 5.15. The molecule has 1 aliphatic rings. The third kappa shape index (κ3) is 2.45. The third-order valence-electron chi connectivity index (χ3n) is 4.04. The number of ether oxygens (including phenoxy) is 1. The van der Waals surface area contributed by atoms with Gasteiger partial charge in [0.05, 0.1) is 12.9 Å². The normalized spacial score (nSPS) is 17.3. The van der Waals surface area contributed by atoms with Crippen LogP contribution in [0, 0.1) is 0 Å². The number of rotatable bonds is 5. The van der Waals surface area contributed by atoms with Gasteiger partial charge in [0.25, 0.3) is 0 Å². The molecule has 1 aromatic rings. The molecule has 0 bridgehead atoms. The molecule has 0 amide bonds. The second kappa shape index (κ2) is 5.21. The predicted molar refractivity (Wildman–Crippen MR) is 72.9 cm³/mol. The zero-order valence-electron chi connectivity index (χ0n) is 11.8. The molecule has 0 spiro atoms. The van der Waals surface area contributed by atoms with Crippen molar-refractivity contribution in [1.82, 2.24) is 14.5 Å². The standard InChI is InChI=1S/C13H22N4O2/c1-4-19-12(18)10-11(14)17(9-15-10)8-13(16(2)3)6-5-7-13/h9H,4-8,14H2,1-3H3. The minimum atomic E-state index is -0.453. The van der Waals surface area contributed by atoms with Crippen LogP contribution < -0.4 is 5.73 Å². The quantitative estimate of drug-likeness (QED) is 0.809. The van der Waals surface area contributed by atoms with Crippen LogP contribution in [-0.2, 0) is 11.3 Å². The van der Waals surface area contributed by atoms with Gasteiger partial charge in [0.15, 0.2) is 5.69 Å². The lowest BCUT2D eigenvalue weighted by Crippen LogP contribution is -2.53. The first-order valence-corrected chi connectivity index (χ1v) is 6.65. The van der Waals surface area contributed by atoms with E-state index in [1.807, 2.05) is 4.57 Å². The van der Waals surface area contributed by atoms with E-state index in [1.54, 1.807) is 13.3 Å². The Morgan fingerprint density at radius 2 is 2.26 bits per heavy atom. The van der Waals surface area contributed by atoms with Crippen molar-refractivity contribution in [3.05, 3.63) is 12.0 Å². The summed E-state index contributed by atoms with van der Waals surface area (Å²) in [4.78, 5) is 18.0.